The number of hydrogen-bond donors (Lipinski definition) is 2. The van der Waals surface area contributed by atoms with E-state index in [0.29, 0.717) is 24.4 Å². The Morgan fingerprint density at radius 2 is 2.04 bits per heavy atom. The number of carbonyl (C=O) groups is 2. The molecule has 5 heteroatoms. The van der Waals surface area contributed by atoms with Crippen molar-refractivity contribution in [1.29, 1.82) is 0 Å². The number of ether oxygens (including phenoxy) is 1. The number of rotatable bonds is 3. The molecule has 0 saturated carbocycles. The largest absolute Gasteiger partial charge is 0.487 e. The fourth-order valence-electron chi connectivity index (χ4n) is 3.24. The maximum absolute atomic E-state index is 12.4. The molecule has 0 bridgehead atoms. The molecule has 2 heterocycles. The van der Waals surface area contributed by atoms with Crippen LogP contribution < -0.4 is 10.6 Å². The Balaban J connectivity index is 1.71. The van der Waals surface area contributed by atoms with Crippen molar-refractivity contribution in [2.75, 3.05) is 10.6 Å². The van der Waals surface area contributed by atoms with Gasteiger partial charge in [0.05, 0.1) is 5.57 Å². The Bertz CT molecular complexity index is 915. The van der Waals surface area contributed by atoms with Crippen molar-refractivity contribution in [2.24, 2.45) is 0 Å². The summed E-state index contributed by atoms with van der Waals surface area (Å²) < 4.78 is 5.85. The Kier molecular flexibility index (Phi) is 3.76. The minimum atomic E-state index is -0.149. The van der Waals surface area contributed by atoms with Gasteiger partial charge in [0.15, 0.2) is 0 Å². The fourth-order valence-corrected chi connectivity index (χ4v) is 3.24. The van der Waals surface area contributed by atoms with Gasteiger partial charge in [-0.3, -0.25) is 9.59 Å². The third-order valence-corrected chi connectivity index (χ3v) is 4.38. The number of nitrogens with one attached hydrogen (secondary N) is 2. The molecule has 0 radical (unpaired) electrons. The van der Waals surface area contributed by atoms with Crippen LogP contribution in [0.3, 0.4) is 0 Å². The van der Waals surface area contributed by atoms with E-state index in [-0.39, 0.29) is 11.8 Å². The van der Waals surface area contributed by atoms with Crippen LogP contribution in [0.15, 0.2) is 42.5 Å². The zero-order valence-electron chi connectivity index (χ0n) is 13.9. The fraction of sp³-hybridized carbons (Fsp3) is 0.200. The molecule has 25 heavy (non-hydrogen) atoms. The van der Waals surface area contributed by atoms with E-state index in [0.717, 1.165) is 34.5 Å². The normalized spacial score (nSPS) is 17.6. The Morgan fingerprint density at radius 1 is 1.20 bits per heavy atom. The van der Waals surface area contributed by atoms with Crippen LogP contribution in [-0.4, -0.2) is 11.8 Å². The summed E-state index contributed by atoms with van der Waals surface area (Å²) in [4.78, 5) is 24.2. The van der Waals surface area contributed by atoms with Crippen LogP contribution in [0.25, 0.3) is 11.3 Å². The molecule has 0 aromatic heterocycles. The van der Waals surface area contributed by atoms with Gasteiger partial charge in [-0.05, 0) is 30.7 Å². The van der Waals surface area contributed by atoms with Crippen molar-refractivity contribution in [3.63, 3.8) is 0 Å². The van der Waals surface area contributed by atoms with E-state index >= 15 is 0 Å². The van der Waals surface area contributed by atoms with Crippen LogP contribution in [0.5, 0.6) is 0 Å². The molecule has 0 spiro atoms. The van der Waals surface area contributed by atoms with Crippen molar-refractivity contribution in [1.82, 2.24) is 0 Å². The molecular formula is C20H18N2O3. The monoisotopic (exact) mass is 334 g/mol. The van der Waals surface area contributed by atoms with Crippen LogP contribution in [0, 0.1) is 0 Å². The van der Waals surface area contributed by atoms with Gasteiger partial charge in [0.25, 0.3) is 5.91 Å². The molecule has 2 aromatic rings. The Hall–Kier alpha value is -3.08. The lowest BCUT2D eigenvalue weighted by Crippen LogP contribution is -2.10. The summed E-state index contributed by atoms with van der Waals surface area (Å²) in [6, 6.07) is 13.2. The van der Waals surface area contributed by atoms with E-state index < -0.39 is 0 Å². The molecule has 0 atom stereocenters. The van der Waals surface area contributed by atoms with E-state index in [9.17, 15) is 9.59 Å². The summed E-state index contributed by atoms with van der Waals surface area (Å²) in [7, 11) is 0. The molecule has 4 rings (SSSR count). The quantitative estimate of drug-likeness (QED) is 0.840. The molecule has 0 unspecified atom stereocenters. The third kappa shape index (κ3) is 2.67. The van der Waals surface area contributed by atoms with E-state index in [2.05, 4.69) is 10.6 Å². The third-order valence-electron chi connectivity index (χ3n) is 4.38. The van der Waals surface area contributed by atoms with E-state index in [1.807, 2.05) is 49.4 Å². The highest BCUT2D eigenvalue weighted by molar-refractivity contribution is 6.36. The Morgan fingerprint density at radius 3 is 2.88 bits per heavy atom. The second-order valence-corrected chi connectivity index (χ2v) is 6.16. The first kappa shape index (κ1) is 15.4. The second-order valence-electron chi connectivity index (χ2n) is 6.16. The molecule has 0 fully saturated rings. The lowest BCUT2D eigenvalue weighted by molar-refractivity contribution is -0.116. The van der Waals surface area contributed by atoms with Gasteiger partial charge in [0.2, 0.25) is 5.91 Å². The standard InChI is InChI=1S/C20H18N2O3/c1-2-5-17(23)21-13-8-9-14-12(10-13)11-25-19(14)18-15-6-3-4-7-16(15)22-20(18)24/h3-4,6-10H,2,5,11H2,1H3,(H,21,23)(H,22,24)/b19-18+. The van der Waals surface area contributed by atoms with Gasteiger partial charge in [0, 0.05) is 34.5 Å². The lowest BCUT2D eigenvalue weighted by atomic mass is 10.0. The predicted octanol–water partition coefficient (Wildman–Crippen LogP) is 3.78. The van der Waals surface area contributed by atoms with Crippen molar-refractivity contribution < 1.29 is 14.3 Å². The lowest BCUT2D eigenvalue weighted by Gasteiger charge is -2.07. The van der Waals surface area contributed by atoms with Crippen LogP contribution >= 0.6 is 0 Å². The van der Waals surface area contributed by atoms with Crippen LogP contribution in [0.1, 0.15) is 36.5 Å². The molecule has 2 N–H and O–H groups in total. The number of para-hydroxylation sites is 1. The van der Waals surface area contributed by atoms with Gasteiger partial charge < -0.3 is 15.4 Å². The highest BCUT2D eigenvalue weighted by Crippen LogP contribution is 2.41. The molecule has 2 aliphatic heterocycles. The van der Waals surface area contributed by atoms with Gasteiger partial charge in [-0.1, -0.05) is 25.1 Å². The average Bonchev–Trinajstić information content (AvgIpc) is 3.14. The van der Waals surface area contributed by atoms with E-state index in [1.165, 1.54) is 0 Å². The Labute approximate surface area is 145 Å². The van der Waals surface area contributed by atoms with Crippen molar-refractivity contribution >= 4 is 34.5 Å². The van der Waals surface area contributed by atoms with Crippen LogP contribution in [-0.2, 0) is 20.9 Å². The predicted molar refractivity (Wildman–Crippen MR) is 96.7 cm³/mol. The molecule has 0 saturated heterocycles. The van der Waals surface area contributed by atoms with Crippen LogP contribution in [0.4, 0.5) is 11.4 Å². The van der Waals surface area contributed by atoms with E-state index in [4.69, 9.17) is 4.74 Å². The SMILES string of the molecule is CCCC(=O)Nc1ccc2c(c1)CO/C2=C1/C(=O)Nc2ccccc21. The number of fused-ring (bicyclic) bond motifs is 2. The van der Waals surface area contributed by atoms with Crippen molar-refractivity contribution in [3.8, 4) is 0 Å². The molecule has 5 nitrogen and oxygen atoms in total. The highest BCUT2D eigenvalue weighted by Gasteiger charge is 2.32. The molecular weight excluding hydrogens is 316 g/mol. The van der Waals surface area contributed by atoms with E-state index in [1.54, 1.807) is 0 Å². The summed E-state index contributed by atoms with van der Waals surface area (Å²) in [5.41, 5.74) is 4.84. The first-order valence-electron chi connectivity index (χ1n) is 8.38. The molecule has 2 aromatic carbocycles. The zero-order chi connectivity index (χ0) is 17.4. The minimum Gasteiger partial charge on any atom is -0.487 e. The zero-order valence-corrected chi connectivity index (χ0v) is 13.9. The number of hydrogen-bond acceptors (Lipinski definition) is 3. The van der Waals surface area contributed by atoms with Gasteiger partial charge in [-0.15, -0.1) is 0 Å². The van der Waals surface area contributed by atoms with Crippen molar-refractivity contribution in [3.05, 3.63) is 59.2 Å². The van der Waals surface area contributed by atoms with Gasteiger partial charge in [0.1, 0.15) is 12.4 Å². The first-order valence-corrected chi connectivity index (χ1v) is 8.38. The first-order chi connectivity index (χ1) is 12.2. The van der Waals surface area contributed by atoms with Crippen LogP contribution in [0.2, 0.25) is 0 Å². The van der Waals surface area contributed by atoms with Gasteiger partial charge in [-0.2, -0.15) is 0 Å². The summed E-state index contributed by atoms with van der Waals surface area (Å²) in [5, 5.41) is 5.76. The topological polar surface area (TPSA) is 67.4 Å². The highest BCUT2D eigenvalue weighted by atomic mass is 16.5. The molecule has 0 aliphatic carbocycles. The maximum Gasteiger partial charge on any atom is 0.260 e. The summed E-state index contributed by atoms with van der Waals surface area (Å²) >= 11 is 0. The smallest absolute Gasteiger partial charge is 0.260 e. The maximum atomic E-state index is 12.4. The van der Waals surface area contributed by atoms with Crippen molar-refractivity contribution in [2.45, 2.75) is 26.4 Å². The summed E-state index contributed by atoms with van der Waals surface area (Å²) in [6.45, 7) is 2.36. The number of benzene rings is 2. The number of amides is 2. The number of carbonyl (C=O) groups excluding carboxylic acids is 2. The summed E-state index contributed by atoms with van der Waals surface area (Å²) in [6.07, 6.45) is 1.31. The molecule has 126 valence electrons. The minimum absolute atomic E-state index is 0.00374. The average molecular weight is 334 g/mol. The van der Waals surface area contributed by atoms with Gasteiger partial charge >= 0.3 is 0 Å². The number of anilines is 2. The molecule has 2 aliphatic rings. The second kappa shape index (κ2) is 6.09. The molecule has 2 amide bonds. The van der Waals surface area contributed by atoms with Gasteiger partial charge in [-0.25, -0.2) is 0 Å². The summed E-state index contributed by atoms with van der Waals surface area (Å²) in [5.74, 6) is 0.456.